The average molecular weight is 254 g/mol. The maximum Gasteiger partial charge on any atom is 0.317 e. The molecule has 0 unspecified atom stereocenters. The first-order valence-electron chi connectivity index (χ1n) is 5.42. The van der Waals surface area contributed by atoms with Crippen LogP contribution >= 0.6 is 11.3 Å². The summed E-state index contributed by atoms with van der Waals surface area (Å²) in [5.41, 5.74) is 2.59. The van der Waals surface area contributed by atoms with E-state index in [1.54, 1.807) is 10.4 Å². The molecule has 0 saturated carbocycles. The molecule has 3 amide bonds. The summed E-state index contributed by atoms with van der Waals surface area (Å²) in [5, 5.41) is 7.41. The van der Waals surface area contributed by atoms with Gasteiger partial charge in [0.05, 0.1) is 17.7 Å². The van der Waals surface area contributed by atoms with Gasteiger partial charge in [-0.3, -0.25) is 4.79 Å². The summed E-state index contributed by atoms with van der Waals surface area (Å²) in [6, 6.07) is -0.144. The predicted molar refractivity (Wildman–Crippen MR) is 63.5 cm³/mol. The van der Waals surface area contributed by atoms with Crippen molar-refractivity contribution >= 4 is 23.3 Å². The van der Waals surface area contributed by atoms with Crippen LogP contribution < -0.4 is 10.6 Å². The number of urea groups is 1. The number of amides is 3. The Hall–Kier alpha value is -1.63. The van der Waals surface area contributed by atoms with Crippen molar-refractivity contribution in [3.8, 4) is 0 Å². The fourth-order valence-electron chi connectivity index (χ4n) is 1.57. The quantitative estimate of drug-likeness (QED) is 0.790. The van der Waals surface area contributed by atoms with Gasteiger partial charge >= 0.3 is 6.03 Å². The number of thiazole rings is 1. The Balaban J connectivity index is 1.80. The number of nitrogens with one attached hydrogen (secondary N) is 2. The monoisotopic (exact) mass is 254 g/mol. The maximum absolute atomic E-state index is 11.8. The van der Waals surface area contributed by atoms with Gasteiger partial charge in [0.1, 0.15) is 0 Å². The van der Waals surface area contributed by atoms with Gasteiger partial charge in [-0.15, -0.1) is 11.3 Å². The van der Waals surface area contributed by atoms with Crippen LogP contribution in [0.2, 0.25) is 0 Å². The van der Waals surface area contributed by atoms with E-state index in [1.807, 2.05) is 5.38 Å². The van der Waals surface area contributed by atoms with Crippen molar-refractivity contribution in [2.75, 3.05) is 19.6 Å². The van der Waals surface area contributed by atoms with E-state index in [-0.39, 0.29) is 11.9 Å². The minimum absolute atomic E-state index is 0.000184. The summed E-state index contributed by atoms with van der Waals surface area (Å²) in [6.07, 6.45) is 0.365. The molecule has 92 valence electrons. The Bertz CT molecular complexity index is 393. The third-order valence-corrected chi connectivity index (χ3v) is 3.14. The number of carbonyl (C=O) groups excluding carboxylic acids is 2. The molecule has 6 nitrogen and oxygen atoms in total. The van der Waals surface area contributed by atoms with Gasteiger partial charge < -0.3 is 15.5 Å². The number of rotatable bonds is 2. The van der Waals surface area contributed by atoms with Gasteiger partial charge in [-0.05, 0) is 0 Å². The van der Waals surface area contributed by atoms with Crippen molar-refractivity contribution in [3.05, 3.63) is 16.6 Å². The zero-order chi connectivity index (χ0) is 12.1. The third kappa shape index (κ3) is 3.42. The molecule has 0 aliphatic carbocycles. The fourth-order valence-corrected chi connectivity index (χ4v) is 2.13. The van der Waals surface area contributed by atoms with Crippen molar-refractivity contribution < 1.29 is 9.59 Å². The Kier molecular flexibility index (Phi) is 3.92. The summed E-state index contributed by atoms with van der Waals surface area (Å²) in [7, 11) is 0. The van der Waals surface area contributed by atoms with Crippen LogP contribution in [0.25, 0.3) is 0 Å². The van der Waals surface area contributed by atoms with Gasteiger partial charge in [0.25, 0.3) is 0 Å². The largest absolute Gasteiger partial charge is 0.354 e. The van der Waals surface area contributed by atoms with Gasteiger partial charge in [-0.25, -0.2) is 9.78 Å². The minimum Gasteiger partial charge on any atom is -0.354 e. The molecule has 0 radical (unpaired) electrons. The minimum atomic E-state index is -0.144. The molecule has 17 heavy (non-hydrogen) atoms. The van der Waals surface area contributed by atoms with E-state index < -0.39 is 0 Å². The zero-order valence-corrected chi connectivity index (χ0v) is 10.1. The first-order valence-corrected chi connectivity index (χ1v) is 6.36. The van der Waals surface area contributed by atoms with Gasteiger partial charge in [0.2, 0.25) is 5.91 Å². The van der Waals surface area contributed by atoms with Crippen molar-refractivity contribution in [2.45, 2.75) is 13.0 Å². The normalized spacial score (nSPS) is 16.2. The van der Waals surface area contributed by atoms with Crippen LogP contribution in [0.15, 0.2) is 10.9 Å². The first kappa shape index (κ1) is 11.8. The third-order valence-electron chi connectivity index (χ3n) is 2.50. The molecule has 0 aromatic carbocycles. The molecule has 7 heteroatoms. The number of hydrogen-bond acceptors (Lipinski definition) is 4. The first-order chi connectivity index (χ1) is 8.25. The summed E-state index contributed by atoms with van der Waals surface area (Å²) >= 11 is 1.50. The van der Waals surface area contributed by atoms with Crippen LogP contribution in [0, 0.1) is 0 Å². The number of nitrogens with zero attached hydrogens (tertiary/aromatic N) is 2. The van der Waals surface area contributed by atoms with Crippen LogP contribution in [0.4, 0.5) is 4.79 Å². The molecule has 2 rings (SSSR count). The maximum atomic E-state index is 11.8. The lowest BCUT2D eigenvalue weighted by Gasteiger charge is -2.19. The standard InChI is InChI=1S/C10H14N4O2S/c15-9-1-3-14(4-2-11-9)10(16)12-5-8-6-17-7-13-8/h6-7H,1-5H2,(H,11,15)(H,12,16). The summed E-state index contributed by atoms with van der Waals surface area (Å²) in [5.74, 6) is -0.000184. The lowest BCUT2D eigenvalue weighted by atomic mass is 10.4. The van der Waals surface area contributed by atoms with Crippen LogP contribution in [0.5, 0.6) is 0 Å². The Morgan fingerprint density at radius 2 is 2.47 bits per heavy atom. The average Bonchev–Trinajstić information content (AvgIpc) is 2.74. The highest BCUT2D eigenvalue weighted by atomic mass is 32.1. The van der Waals surface area contributed by atoms with Crippen molar-refractivity contribution in [1.82, 2.24) is 20.5 Å². The molecule has 2 N–H and O–H groups in total. The highest BCUT2D eigenvalue weighted by molar-refractivity contribution is 7.07. The Morgan fingerprint density at radius 1 is 1.59 bits per heavy atom. The molecule has 0 bridgehead atoms. The lowest BCUT2D eigenvalue weighted by molar-refractivity contribution is -0.120. The summed E-state index contributed by atoms with van der Waals surface area (Å²) in [6.45, 7) is 1.96. The second-order valence-corrected chi connectivity index (χ2v) is 4.44. The van der Waals surface area contributed by atoms with Crippen molar-refractivity contribution in [2.24, 2.45) is 0 Å². The molecule has 1 fully saturated rings. The molecular weight excluding hydrogens is 240 g/mol. The second kappa shape index (κ2) is 5.62. The topological polar surface area (TPSA) is 74.3 Å². The number of hydrogen-bond donors (Lipinski definition) is 2. The van der Waals surface area contributed by atoms with Crippen LogP contribution in [0.3, 0.4) is 0 Å². The van der Waals surface area contributed by atoms with Crippen LogP contribution in [0.1, 0.15) is 12.1 Å². The van der Waals surface area contributed by atoms with Crippen LogP contribution in [-0.2, 0) is 11.3 Å². The van der Waals surface area contributed by atoms with E-state index in [0.29, 0.717) is 32.6 Å². The molecule has 1 aromatic rings. The second-order valence-electron chi connectivity index (χ2n) is 3.73. The highest BCUT2D eigenvalue weighted by Gasteiger charge is 2.17. The lowest BCUT2D eigenvalue weighted by Crippen LogP contribution is -2.41. The molecule has 1 aromatic heterocycles. The van der Waals surface area contributed by atoms with Gasteiger partial charge in [-0.1, -0.05) is 0 Å². The smallest absolute Gasteiger partial charge is 0.317 e. The fraction of sp³-hybridized carbons (Fsp3) is 0.500. The van der Waals surface area contributed by atoms with E-state index in [4.69, 9.17) is 0 Å². The van der Waals surface area contributed by atoms with Crippen molar-refractivity contribution in [3.63, 3.8) is 0 Å². The van der Waals surface area contributed by atoms with Crippen molar-refractivity contribution in [1.29, 1.82) is 0 Å². The highest BCUT2D eigenvalue weighted by Crippen LogP contribution is 2.01. The molecular formula is C10H14N4O2S. The van der Waals surface area contributed by atoms with E-state index in [1.165, 1.54) is 11.3 Å². The molecule has 1 saturated heterocycles. The van der Waals surface area contributed by atoms with Gasteiger partial charge in [0, 0.05) is 31.4 Å². The zero-order valence-electron chi connectivity index (χ0n) is 9.31. The predicted octanol–water partition coefficient (Wildman–Crippen LogP) is 0.175. The number of carbonyl (C=O) groups is 2. The summed E-state index contributed by atoms with van der Waals surface area (Å²) < 4.78 is 0. The van der Waals surface area contributed by atoms with Gasteiger partial charge in [-0.2, -0.15) is 0 Å². The van der Waals surface area contributed by atoms with E-state index in [0.717, 1.165) is 5.69 Å². The molecule has 0 atom stereocenters. The molecule has 1 aliphatic heterocycles. The Labute approximate surface area is 103 Å². The Morgan fingerprint density at radius 3 is 3.24 bits per heavy atom. The SMILES string of the molecule is O=C1CCN(C(=O)NCc2cscn2)CCN1. The summed E-state index contributed by atoms with van der Waals surface area (Å²) in [4.78, 5) is 28.6. The van der Waals surface area contributed by atoms with E-state index in [9.17, 15) is 9.59 Å². The van der Waals surface area contributed by atoms with E-state index in [2.05, 4.69) is 15.6 Å². The number of aromatic nitrogens is 1. The molecule has 1 aliphatic rings. The molecule has 0 spiro atoms. The molecule has 2 heterocycles. The van der Waals surface area contributed by atoms with Gasteiger partial charge in [0.15, 0.2) is 0 Å². The van der Waals surface area contributed by atoms with Crippen LogP contribution in [-0.4, -0.2) is 41.5 Å². The van der Waals surface area contributed by atoms with E-state index >= 15 is 0 Å².